The van der Waals surface area contributed by atoms with Crippen LogP contribution >= 0.6 is 0 Å². The van der Waals surface area contributed by atoms with E-state index in [1.807, 2.05) is 13.8 Å². The summed E-state index contributed by atoms with van der Waals surface area (Å²) >= 11 is 0. The monoisotopic (exact) mass is 209 g/mol. The molecule has 1 fully saturated rings. The molecule has 5 nitrogen and oxygen atoms in total. The zero-order valence-corrected chi connectivity index (χ0v) is 8.91. The molecule has 2 atom stereocenters. The Bertz CT molecular complexity index is 361. The fourth-order valence-electron chi connectivity index (χ4n) is 1.71. The number of aromatic nitrogens is 2. The third kappa shape index (κ3) is 2.18. The fourth-order valence-corrected chi connectivity index (χ4v) is 1.71. The molecule has 2 N–H and O–H groups in total. The summed E-state index contributed by atoms with van der Waals surface area (Å²) in [5.74, 6) is 0.733. The molecule has 0 radical (unpaired) electrons. The third-order valence-electron chi connectivity index (χ3n) is 2.60. The van der Waals surface area contributed by atoms with Crippen LogP contribution in [0, 0.1) is 12.8 Å². The van der Waals surface area contributed by atoms with Crippen LogP contribution in [0.25, 0.3) is 0 Å². The molecule has 1 aliphatic heterocycles. The molecule has 1 aromatic rings. The number of nitrogens with zero attached hydrogens (tertiary/aromatic N) is 1. The number of anilines is 1. The summed E-state index contributed by atoms with van der Waals surface area (Å²) in [6, 6.07) is 1.79. The second kappa shape index (κ2) is 4.02. The van der Waals surface area contributed by atoms with Gasteiger partial charge < -0.3 is 10.1 Å². The highest BCUT2D eigenvalue weighted by Crippen LogP contribution is 2.21. The van der Waals surface area contributed by atoms with E-state index in [-0.39, 0.29) is 17.9 Å². The molecule has 1 aromatic heterocycles. The molecule has 0 aromatic carbocycles. The van der Waals surface area contributed by atoms with Crippen molar-refractivity contribution in [1.29, 1.82) is 0 Å². The van der Waals surface area contributed by atoms with Gasteiger partial charge in [0.1, 0.15) is 6.10 Å². The molecule has 0 aliphatic carbocycles. The fraction of sp³-hybridized carbons (Fsp3) is 0.600. The number of aryl methyl sites for hydroxylation is 1. The molecule has 2 heterocycles. The maximum atomic E-state index is 11.7. The number of nitrogens with one attached hydrogen (secondary N) is 2. The molecule has 1 saturated heterocycles. The van der Waals surface area contributed by atoms with E-state index in [4.69, 9.17) is 4.74 Å². The lowest BCUT2D eigenvalue weighted by atomic mass is 10.0. The number of aromatic amines is 1. The summed E-state index contributed by atoms with van der Waals surface area (Å²) in [5, 5.41) is 9.44. The van der Waals surface area contributed by atoms with Gasteiger partial charge in [0.05, 0.1) is 0 Å². The van der Waals surface area contributed by atoms with Crippen molar-refractivity contribution in [3.8, 4) is 0 Å². The van der Waals surface area contributed by atoms with Crippen LogP contribution in [0.1, 0.15) is 19.0 Å². The Morgan fingerprint density at radius 3 is 3.07 bits per heavy atom. The van der Waals surface area contributed by atoms with Gasteiger partial charge in [-0.1, -0.05) is 6.92 Å². The summed E-state index contributed by atoms with van der Waals surface area (Å²) in [4.78, 5) is 11.7. The number of hydrogen-bond donors (Lipinski definition) is 2. The molecular formula is C10H15N3O2. The first-order valence-corrected chi connectivity index (χ1v) is 5.11. The van der Waals surface area contributed by atoms with Gasteiger partial charge in [-0.2, -0.15) is 5.10 Å². The number of ether oxygens (including phenoxy) is 1. The second-order valence-electron chi connectivity index (χ2n) is 3.98. The van der Waals surface area contributed by atoms with Crippen molar-refractivity contribution in [2.45, 2.75) is 26.4 Å². The number of carbonyl (C=O) groups excluding carboxylic acids is 1. The lowest BCUT2D eigenvalue weighted by Crippen LogP contribution is -2.31. The quantitative estimate of drug-likeness (QED) is 0.766. The molecule has 0 saturated carbocycles. The van der Waals surface area contributed by atoms with Gasteiger partial charge in [-0.05, 0) is 19.3 Å². The summed E-state index contributed by atoms with van der Waals surface area (Å²) < 4.78 is 5.36. The van der Waals surface area contributed by atoms with E-state index in [1.165, 1.54) is 0 Å². The summed E-state index contributed by atoms with van der Waals surface area (Å²) in [6.45, 7) is 4.57. The van der Waals surface area contributed by atoms with Crippen molar-refractivity contribution in [3.63, 3.8) is 0 Å². The van der Waals surface area contributed by atoms with Crippen molar-refractivity contribution in [1.82, 2.24) is 10.2 Å². The van der Waals surface area contributed by atoms with Crippen LogP contribution in [0.3, 0.4) is 0 Å². The van der Waals surface area contributed by atoms with E-state index in [9.17, 15) is 4.79 Å². The number of hydrogen-bond acceptors (Lipinski definition) is 3. The first kappa shape index (κ1) is 10.2. The minimum absolute atomic E-state index is 0.105. The van der Waals surface area contributed by atoms with E-state index < -0.39 is 0 Å². The topological polar surface area (TPSA) is 67.0 Å². The molecular weight excluding hydrogens is 194 g/mol. The van der Waals surface area contributed by atoms with Crippen molar-refractivity contribution < 1.29 is 9.53 Å². The van der Waals surface area contributed by atoms with Crippen LogP contribution in [-0.2, 0) is 9.53 Å². The smallest absolute Gasteiger partial charge is 0.254 e. The molecule has 15 heavy (non-hydrogen) atoms. The number of H-pyrrole nitrogens is 1. The van der Waals surface area contributed by atoms with Crippen molar-refractivity contribution in [2.75, 3.05) is 11.9 Å². The Morgan fingerprint density at radius 2 is 2.53 bits per heavy atom. The van der Waals surface area contributed by atoms with Crippen LogP contribution in [0.2, 0.25) is 0 Å². The highest BCUT2D eigenvalue weighted by Gasteiger charge is 2.31. The second-order valence-corrected chi connectivity index (χ2v) is 3.98. The summed E-state index contributed by atoms with van der Waals surface area (Å²) in [6.07, 6.45) is 0.611. The van der Waals surface area contributed by atoms with Gasteiger partial charge >= 0.3 is 0 Å². The zero-order chi connectivity index (χ0) is 10.8. The Morgan fingerprint density at radius 1 is 1.73 bits per heavy atom. The maximum absolute atomic E-state index is 11.7. The molecule has 0 bridgehead atoms. The number of rotatable bonds is 2. The van der Waals surface area contributed by atoms with Crippen LogP contribution in [0.4, 0.5) is 5.82 Å². The minimum Gasteiger partial charge on any atom is -0.368 e. The van der Waals surface area contributed by atoms with Gasteiger partial charge in [0.25, 0.3) is 5.91 Å². The normalized spacial score (nSPS) is 25.5. The Kier molecular flexibility index (Phi) is 2.73. The van der Waals surface area contributed by atoms with Gasteiger partial charge in [-0.15, -0.1) is 0 Å². The molecule has 2 rings (SSSR count). The highest BCUT2D eigenvalue weighted by molar-refractivity contribution is 5.93. The summed E-state index contributed by atoms with van der Waals surface area (Å²) in [7, 11) is 0. The van der Waals surface area contributed by atoms with Crippen molar-refractivity contribution >= 4 is 11.7 Å². The first-order chi connectivity index (χ1) is 7.16. The molecule has 1 aliphatic rings. The van der Waals surface area contributed by atoms with Gasteiger partial charge in [0.15, 0.2) is 5.82 Å². The Balaban J connectivity index is 1.97. The first-order valence-electron chi connectivity index (χ1n) is 5.11. The van der Waals surface area contributed by atoms with Gasteiger partial charge in [-0.25, -0.2) is 0 Å². The number of amides is 1. The molecule has 0 spiro atoms. The van der Waals surface area contributed by atoms with E-state index in [2.05, 4.69) is 15.5 Å². The van der Waals surface area contributed by atoms with Crippen molar-refractivity contribution in [3.05, 3.63) is 11.8 Å². The third-order valence-corrected chi connectivity index (χ3v) is 2.60. The SMILES string of the molecule is Cc1cc(NC(=O)C2OCCC2C)n[nH]1. The van der Waals surface area contributed by atoms with E-state index in [0.717, 1.165) is 12.1 Å². The highest BCUT2D eigenvalue weighted by atomic mass is 16.5. The zero-order valence-electron chi connectivity index (χ0n) is 8.91. The Hall–Kier alpha value is -1.36. The average molecular weight is 209 g/mol. The van der Waals surface area contributed by atoms with Crippen LogP contribution < -0.4 is 5.32 Å². The molecule has 2 unspecified atom stereocenters. The van der Waals surface area contributed by atoms with Crippen LogP contribution in [-0.4, -0.2) is 28.8 Å². The Labute approximate surface area is 88.2 Å². The molecule has 82 valence electrons. The van der Waals surface area contributed by atoms with Crippen molar-refractivity contribution in [2.24, 2.45) is 5.92 Å². The van der Waals surface area contributed by atoms with E-state index in [0.29, 0.717) is 12.4 Å². The van der Waals surface area contributed by atoms with Gasteiger partial charge in [0, 0.05) is 18.4 Å². The molecule has 5 heteroatoms. The van der Waals surface area contributed by atoms with E-state index in [1.54, 1.807) is 6.07 Å². The van der Waals surface area contributed by atoms with Crippen LogP contribution in [0.5, 0.6) is 0 Å². The van der Waals surface area contributed by atoms with Gasteiger partial charge in [-0.3, -0.25) is 9.89 Å². The van der Waals surface area contributed by atoms with Crippen LogP contribution in [0.15, 0.2) is 6.07 Å². The van der Waals surface area contributed by atoms with E-state index >= 15 is 0 Å². The van der Waals surface area contributed by atoms with Gasteiger partial charge in [0.2, 0.25) is 0 Å². The standard InChI is InChI=1S/C10H15N3O2/c1-6-3-4-15-9(6)10(14)11-8-5-7(2)12-13-8/h5-6,9H,3-4H2,1-2H3,(H2,11,12,13,14). The minimum atomic E-state index is -0.331. The summed E-state index contributed by atoms with van der Waals surface area (Å²) in [5.41, 5.74) is 0.922. The lowest BCUT2D eigenvalue weighted by Gasteiger charge is -2.12. The largest absolute Gasteiger partial charge is 0.368 e. The predicted molar refractivity (Wildman–Crippen MR) is 55.5 cm³/mol. The predicted octanol–water partition coefficient (Wildman–Crippen LogP) is 1.08. The number of carbonyl (C=O) groups is 1. The maximum Gasteiger partial charge on any atom is 0.254 e. The molecule has 1 amide bonds. The average Bonchev–Trinajstić information content (AvgIpc) is 2.75. The lowest BCUT2D eigenvalue weighted by molar-refractivity contribution is -0.126.